The monoisotopic (exact) mass is 596 g/mol. The summed E-state index contributed by atoms with van der Waals surface area (Å²) in [7, 11) is 3.44. The highest BCUT2D eigenvalue weighted by molar-refractivity contribution is 5.91. The van der Waals surface area contributed by atoms with E-state index >= 15 is 0 Å². The van der Waals surface area contributed by atoms with Gasteiger partial charge in [0, 0.05) is 13.8 Å². The molecular weight excluding hydrogens is 548 g/mol. The van der Waals surface area contributed by atoms with Gasteiger partial charge in [0.2, 0.25) is 11.8 Å². The first-order valence-corrected chi connectivity index (χ1v) is 17.0. The third kappa shape index (κ3) is 4.18. The Kier molecular flexibility index (Phi) is 6.30. The van der Waals surface area contributed by atoms with Crippen molar-refractivity contribution in [1.29, 1.82) is 0 Å². The highest BCUT2D eigenvalue weighted by atomic mass is 16.5. The molecule has 0 aliphatic heterocycles. The number of anilines is 2. The van der Waals surface area contributed by atoms with Crippen LogP contribution in [0.25, 0.3) is 0 Å². The van der Waals surface area contributed by atoms with Crippen LogP contribution in [-0.4, -0.2) is 26.0 Å². The molecule has 8 fully saturated rings. The zero-order valence-electron chi connectivity index (χ0n) is 26.9. The third-order valence-electron chi connectivity index (χ3n) is 13.5. The molecule has 2 aromatic rings. The number of carbonyl (C=O) groups is 2. The number of hydrogen-bond acceptors (Lipinski definition) is 4. The van der Waals surface area contributed by atoms with Gasteiger partial charge < -0.3 is 20.1 Å². The summed E-state index contributed by atoms with van der Waals surface area (Å²) in [6, 6.07) is 13.3. The van der Waals surface area contributed by atoms with Crippen molar-refractivity contribution in [3.05, 3.63) is 47.5 Å². The number of methoxy groups -OCH3 is 2. The number of benzene rings is 2. The standard InChI is InChI=1S/C38H48N2O4/c1-23(41)39-31-7-5-29(11-33(31)43-3)35-13-25-9-26(14-35)18-37(17-25,21-35)38-19-27-10-28(20-38)16-36(15-27,22-38)30-6-8-32(40-24(2)42)34(12-30)44-4/h5-8,11-12,25-28H,9-10,13-22H2,1-4H3,(H,39,41)(H,40,42). The van der Waals surface area contributed by atoms with Gasteiger partial charge in [0.15, 0.2) is 0 Å². The number of amides is 2. The number of ether oxygens (including phenoxy) is 2. The molecule has 0 heterocycles. The molecule has 8 aliphatic carbocycles. The topological polar surface area (TPSA) is 76.7 Å². The van der Waals surface area contributed by atoms with Crippen LogP contribution in [0.15, 0.2) is 36.4 Å². The van der Waals surface area contributed by atoms with Crippen molar-refractivity contribution in [3.63, 3.8) is 0 Å². The summed E-state index contributed by atoms with van der Waals surface area (Å²) in [5.41, 5.74) is 5.59. The molecule has 10 rings (SSSR count). The zero-order chi connectivity index (χ0) is 30.5. The highest BCUT2D eigenvalue weighted by Gasteiger charge is 2.70. The van der Waals surface area contributed by atoms with Gasteiger partial charge in [-0.15, -0.1) is 0 Å². The summed E-state index contributed by atoms with van der Waals surface area (Å²) in [6.07, 6.45) is 16.2. The molecule has 2 amide bonds. The van der Waals surface area contributed by atoms with Gasteiger partial charge >= 0.3 is 0 Å². The lowest BCUT2D eigenvalue weighted by atomic mass is 9.30. The molecule has 8 saturated carbocycles. The summed E-state index contributed by atoms with van der Waals surface area (Å²) in [5.74, 6) is 4.65. The SMILES string of the molecule is COc1cc(C23CC4CC(C2)CC(C25CC6CC(CC(c7ccc(NC(C)=O)c(OC)c7)(C6)C2)C5)(C4)C3)ccc1NC(C)=O. The van der Waals surface area contributed by atoms with Gasteiger partial charge in [0.1, 0.15) is 11.5 Å². The van der Waals surface area contributed by atoms with E-state index in [-0.39, 0.29) is 22.6 Å². The number of rotatable bonds is 7. The minimum atomic E-state index is -0.0667. The minimum absolute atomic E-state index is 0.0667. The van der Waals surface area contributed by atoms with Crippen LogP contribution in [0.3, 0.4) is 0 Å². The Morgan fingerprint density at radius 1 is 0.614 bits per heavy atom. The van der Waals surface area contributed by atoms with Crippen LogP contribution in [0, 0.1) is 34.5 Å². The Labute approximate surface area is 262 Å². The third-order valence-corrected chi connectivity index (χ3v) is 13.5. The van der Waals surface area contributed by atoms with Gasteiger partial charge in [-0.05, 0) is 158 Å². The Hall–Kier alpha value is -3.02. The molecule has 0 spiro atoms. The lowest BCUT2D eigenvalue weighted by molar-refractivity contribution is -0.212. The second-order valence-corrected chi connectivity index (χ2v) is 16.2. The molecule has 4 unspecified atom stereocenters. The average molecular weight is 597 g/mol. The number of carbonyl (C=O) groups excluding carboxylic acids is 2. The van der Waals surface area contributed by atoms with E-state index in [2.05, 4.69) is 47.0 Å². The van der Waals surface area contributed by atoms with Crippen molar-refractivity contribution >= 4 is 23.2 Å². The predicted molar refractivity (Wildman–Crippen MR) is 172 cm³/mol. The first kappa shape index (κ1) is 28.5. The lowest BCUT2D eigenvalue weighted by Crippen LogP contribution is -2.66. The fourth-order valence-corrected chi connectivity index (χ4v) is 13.1. The van der Waals surface area contributed by atoms with Crippen LogP contribution in [-0.2, 0) is 20.4 Å². The van der Waals surface area contributed by atoms with E-state index < -0.39 is 0 Å². The van der Waals surface area contributed by atoms with Crippen molar-refractivity contribution in [2.45, 2.75) is 102 Å². The van der Waals surface area contributed by atoms with E-state index in [1.54, 1.807) is 28.1 Å². The fraction of sp³-hybridized carbons (Fsp3) is 0.632. The molecule has 44 heavy (non-hydrogen) atoms. The molecule has 8 aliphatic rings. The average Bonchev–Trinajstić information content (AvgIpc) is 2.95. The van der Waals surface area contributed by atoms with Crippen LogP contribution in [0.5, 0.6) is 11.5 Å². The molecule has 6 heteroatoms. The van der Waals surface area contributed by atoms with Crippen LogP contribution >= 0.6 is 0 Å². The van der Waals surface area contributed by atoms with E-state index in [1.807, 2.05) is 0 Å². The summed E-state index contributed by atoms with van der Waals surface area (Å²) in [4.78, 5) is 23.7. The molecule has 0 saturated heterocycles. The molecule has 6 nitrogen and oxygen atoms in total. The van der Waals surface area contributed by atoms with E-state index in [1.165, 1.54) is 88.2 Å². The zero-order valence-corrected chi connectivity index (χ0v) is 26.9. The van der Waals surface area contributed by atoms with Gasteiger partial charge in [0.05, 0.1) is 25.6 Å². The largest absolute Gasteiger partial charge is 0.495 e. The van der Waals surface area contributed by atoms with Crippen LogP contribution in [0.4, 0.5) is 11.4 Å². The molecule has 0 aromatic heterocycles. The van der Waals surface area contributed by atoms with E-state index in [0.717, 1.165) is 46.5 Å². The van der Waals surface area contributed by atoms with Crippen LogP contribution in [0.2, 0.25) is 0 Å². The van der Waals surface area contributed by atoms with Crippen molar-refractivity contribution in [3.8, 4) is 11.5 Å². The van der Waals surface area contributed by atoms with Gasteiger partial charge in [0.25, 0.3) is 0 Å². The molecule has 8 bridgehead atoms. The molecule has 234 valence electrons. The smallest absolute Gasteiger partial charge is 0.221 e. The van der Waals surface area contributed by atoms with E-state index in [0.29, 0.717) is 10.8 Å². The van der Waals surface area contributed by atoms with E-state index in [9.17, 15) is 9.59 Å². The number of nitrogens with one attached hydrogen (secondary N) is 2. The van der Waals surface area contributed by atoms with Gasteiger partial charge in [-0.1, -0.05) is 12.1 Å². The molecule has 0 radical (unpaired) electrons. The first-order valence-electron chi connectivity index (χ1n) is 17.0. The first-order chi connectivity index (χ1) is 21.1. The van der Waals surface area contributed by atoms with Gasteiger partial charge in [-0.3, -0.25) is 9.59 Å². The van der Waals surface area contributed by atoms with Crippen molar-refractivity contribution in [2.24, 2.45) is 34.5 Å². The van der Waals surface area contributed by atoms with Crippen molar-refractivity contribution in [1.82, 2.24) is 0 Å². The molecule has 4 atom stereocenters. The minimum Gasteiger partial charge on any atom is -0.495 e. The van der Waals surface area contributed by atoms with E-state index in [4.69, 9.17) is 9.47 Å². The summed E-state index contributed by atoms with van der Waals surface area (Å²) < 4.78 is 11.7. The van der Waals surface area contributed by atoms with Crippen molar-refractivity contribution < 1.29 is 19.1 Å². The maximum Gasteiger partial charge on any atom is 0.221 e. The van der Waals surface area contributed by atoms with Gasteiger partial charge in [-0.2, -0.15) is 0 Å². The summed E-state index contributed by atoms with van der Waals surface area (Å²) in [5, 5.41) is 5.94. The second-order valence-electron chi connectivity index (χ2n) is 16.2. The Balaban J connectivity index is 1.18. The maximum atomic E-state index is 11.9. The molecular formula is C38H48N2O4. The Bertz CT molecular complexity index is 1390. The highest BCUT2D eigenvalue weighted by Crippen LogP contribution is 2.79. The van der Waals surface area contributed by atoms with Crippen LogP contribution in [0.1, 0.15) is 102 Å². The normalized spacial score (nSPS) is 39.3. The lowest BCUT2D eigenvalue weighted by Gasteiger charge is -2.74. The van der Waals surface area contributed by atoms with Gasteiger partial charge in [-0.25, -0.2) is 0 Å². The van der Waals surface area contributed by atoms with Crippen LogP contribution < -0.4 is 20.1 Å². The number of hydrogen-bond donors (Lipinski definition) is 2. The predicted octanol–water partition coefficient (Wildman–Crippen LogP) is 8.00. The molecule has 2 aromatic carbocycles. The summed E-state index contributed by atoms with van der Waals surface area (Å²) >= 11 is 0. The maximum absolute atomic E-state index is 11.9. The molecule has 2 N–H and O–H groups in total. The quantitative estimate of drug-likeness (QED) is 0.340. The summed E-state index contributed by atoms with van der Waals surface area (Å²) in [6.45, 7) is 3.11. The fourth-order valence-electron chi connectivity index (χ4n) is 13.1. The Morgan fingerprint density at radius 2 is 0.977 bits per heavy atom. The second kappa shape index (κ2) is 9.74. The Morgan fingerprint density at radius 3 is 1.30 bits per heavy atom. The van der Waals surface area contributed by atoms with Crippen molar-refractivity contribution in [2.75, 3.05) is 24.9 Å².